The fourth-order valence-electron chi connectivity index (χ4n) is 0.836. The van der Waals surface area contributed by atoms with E-state index < -0.39 is 24.2 Å². The van der Waals surface area contributed by atoms with Crippen molar-refractivity contribution in [1.82, 2.24) is 0 Å². The molecule has 0 aromatic rings. The minimum absolute atomic E-state index is 0. The van der Waals surface area contributed by atoms with Crippen molar-refractivity contribution in [2.75, 3.05) is 6.61 Å². The Morgan fingerprint density at radius 1 is 1.31 bits per heavy atom. The smallest absolute Gasteiger partial charge is 0.394 e. The van der Waals surface area contributed by atoms with Crippen LogP contribution in [0.3, 0.4) is 0 Å². The van der Waals surface area contributed by atoms with E-state index in [0.717, 1.165) is 13.8 Å². The predicted octanol–water partition coefficient (Wildman–Crippen LogP) is 1.71. The molecular weight excluding hydrogens is 207 g/mol. The van der Waals surface area contributed by atoms with Gasteiger partial charge in [-0.25, -0.2) is 0 Å². The molecule has 0 aliphatic rings. The maximum absolute atomic E-state index is 12.2. The van der Waals surface area contributed by atoms with Gasteiger partial charge in [0.1, 0.15) is 0 Å². The SMILES string of the molecule is CC(C)(C[C@@H](N)CO)C(F)(F)F.Cl. The summed E-state index contributed by atoms with van der Waals surface area (Å²) in [6, 6.07) is -0.804. The second kappa shape index (κ2) is 5.02. The van der Waals surface area contributed by atoms with Crippen molar-refractivity contribution >= 4 is 12.4 Å². The summed E-state index contributed by atoms with van der Waals surface area (Å²) < 4.78 is 36.6. The van der Waals surface area contributed by atoms with Gasteiger partial charge in [-0.15, -0.1) is 12.4 Å². The normalized spacial score (nSPS) is 15.0. The lowest BCUT2D eigenvalue weighted by molar-refractivity contribution is -0.215. The van der Waals surface area contributed by atoms with Crippen molar-refractivity contribution in [1.29, 1.82) is 0 Å². The van der Waals surface area contributed by atoms with Gasteiger partial charge in [0.2, 0.25) is 0 Å². The summed E-state index contributed by atoms with van der Waals surface area (Å²) in [5.41, 5.74) is 3.38. The fourth-order valence-corrected chi connectivity index (χ4v) is 0.836. The maximum atomic E-state index is 12.2. The zero-order valence-electron chi connectivity index (χ0n) is 7.56. The Labute approximate surface area is 81.7 Å². The van der Waals surface area contributed by atoms with E-state index in [1.165, 1.54) is 0 Å². The zero-order valence-corrected chi connectivity index (χ0v) is 8.37. The minimum Gasteiger partial charge on any atom is -0.395 e. The third-order valence-electron chi connectivity index (χ3n) is 1.77. The standard InChI is InChI=1S/C7H14F3NO.ClH/c1-6(2,7(8,9)10)3-5(11)4-12;/h5,12H,3-4,11H2,1-2H3;1H/t5-;/m1./s1. The largest absolute Gasteiger partial charge is 0.395 e. The van der Waals surface area contributed by atoms with Crippen molar-refractivity contribution in [2.45, 2.75) is 32.5 Å². The molecule has 0 radical (unpaired) electrons. The first kappa shape index (κ1) is 15.5. The molecule has 13 heavy (non-hydrogen) atoms. The first-order valence-electron chi connectivity index (χ1n) is 3.64. The van der Waals surface area contributed by atoms with Crippen molar-refractivity contribution in [2.24, 2.45) is 11.1 Å². The van der Waals surface area contributed by atoms with E-state index in [9.17, 15) is 13.2 Å². The molecule has 2 nitrogen and oxygen atoms in total. The van der Waals surface area contributed by atoms with Crippen LogP contribution in [0, 0.1) is 5.41 Å². The molecule has 0 fully saturated rings. The summed E-state index contributed by atoms with van der Waals surface area (Å²) in [5, 5.41) is 8.47. The molecule has 0 unspecified atom stereocenters. The Morgan fingerprint density at radius 2 is 1.69 bits per heavy atom. The van der Waals surface area contributed by atoms with Crippen LogP contribution in [0.5, 0.6) is 0 Å². The molecule has 0 amide bonds. The molecule has 0 saturated heterocycles. The highest BCUT2D eigenvalue weighted by Gasteiger charge is 2.47. The van der Waals surface area contributed by atoms with E-state index in [-0.39, 0.29) is 18.8 Å². The fraction of sp³-hybridized carbons (Fsp3) is 1.00. The molecule has 0 aliphatic heterocycles. The average Bonchev–Trinajstić information content (AvgIpc) is 1.84. The Kier molecular flexibility index (Phi) is 5.98. The molecule has 0 rings (SSSR count). The lowest BCUT2D eigenvalue weighted by atomic mass is 9.85. The molecule has 0 bridgehead atoms. The number of alkyl halides is 3. The molecular formula is C7H15ClF3NO. The van der Waals surface area contributed by atoms with E-state index >= 15 is 0 Å². The summed E-state index contributed by atoms with van der Waals surface area (Å²) in [6.45, 7) is 1.73. The monoisotopic (exact) mass is 221 g/mol. The van der Waals surface area contributed by atoms with Crippen molar-refractivity contribution in [3.05, 3.63) is 0 Å². The van der Waals surface area contributed by atoms with Gasteiger partial charge in [-0.1, -0.05) is 13.8 Å². The summed E-state index contributed by atoms with van der Waals surface area (Å²) >= 11 is 0. The van der Waals surface area contributed by atoms with Gasteiger partial charge in [0.05, 0.1) is 12.0 Å². The number of aliphatic hydroxyl groups is 1. The van der Waals surface area contributed by atoms with Gasteiger partial charge < -0.3 is 10.8 Å². The highest BCUT2D eigenvalue weighted by molar-refractivity contribution is 5.85. The lowest BCUT2D eigenvalue weighted by Gasteiger charge is -2.29. The van der Waals surface area contributed by atoms with Gasteiger partial charge in [-0.3, -0.25) is 0 Å². The number of nitrogens with two attached hydrogens (primary N) is 1. The summed E-state index contributed by atoms with van der Waals surface area (Å²) in [4.78, 5) is 0. The first-order chi connectivity index (χ1) is 5.20. The Hall–Kier alpha value is -0.0000000000000000555. The minimum atomic E-state index is -4.26. The van der Waals surface area contributed by atoms with Crippen LogP contribution in [0.25, 0.3) is 0 Å². The quantitative estimate of drug-likeness (QED) is 0.762. The molecule has 0 aromatic heterocycles. The second-order valence-corrected chi connectivity index (χ2v) is 3.53. The van der Waals surface area contributed by atoms with Crippen molar-refractivity contribution in [3.8, 4) is 0 Å². The maximum Gasteiger partial charge on any atom is 0.394 e. The molecule has 0 spiro atoms. The third-order valence-corrected chi connectivity index (χ3v) is 1.77. The van der Waals surface area contributed by atoms with Gasteiger partial charge in [0, 0.05) is 6.04 Å². The van der Waals surface area contributed by atoms with Crippen LogP contribution < -0.4 is 5.73 Å². The van der Waals surface area contributed by atoms with Gasteiger partial charge in [0.25, 0.3) is 0 Å². The molecule has 0 saturated carbocycles. The van der Waals surface area contributed by atoms with Gasteiger partial charge in [-0.2, -0.15) is 13.2 Å². The molecule has 0 aromatic carbocycles. The Bertz CT molecular complexity index is 149. The topological polar surface area (TPSA) is 46.2 Å². The predicted molar refractivity (Wildman–Crippen MR) is 46.8 cm³/mol. The van der Waals surface area contributed by atoms with Gasteiger partial charge >= 0.3 is 6.18 Å². The van der Waals surface area contributed by atoms with Gasteiger partial charge in [-0.05, 0) is 6.42 Å². The highest BCUT2D eigenvalue weighted by Crippen LogP contribution is 2.40. The van der Waals surface area contributed by atoms with Crippen LogP contribution in [0.4, 0.5) is 13.2 Å². The summed E-state index contributed by atoms with van der Waals surface area (Å²) in [6.07, 6.45) is -4.52. The highest BCUT2D eigenvalue weighted by atomic mass is 35.5. The van der Waals surface area contributed by atoms with E-state index in [1.807, 2.05) is 0 Å². The Morgan fingerprint density at radius 3 is 1.92 bits per heavy atom. The first-order valence-corrected chi connectivity index (χ1v) is 3.64. The zero-order chi connectivity index (χ0) is 9.99. The molecule has 0 aliphatic carbocycles. The van der Waals surface area contributed by atoms with Gasteiger partial charge in [0.15, 0.2) is 0 Å². The Balaban J connectivity index is 0. The van der Waals surface area contributed by atoms with Crippen LogP contribution in [-0.4, -0.2) is 23.9 Å². The number of rotatable bonds is 3. The molecule has 82 valence electrons. The van der Waals surface area contributed by atoms with E-state index in [1.54, 1.807) is 0 Å². The third kappa shape index (κ3) is 4.69. The number of halogens is 4. The summed E-state index contributed by atoms with van der Waals surface area (Å²) in [7, 11) is 0. The van der Waals surface area contributed by atoms with E-state index in [2.05, 4.69) is 0 Å². The lowest BCUT2D eigenvalue weighted by Crippen LogP contribution is -2.39. The van der Waals surface area contributed by atoms with Crippen LogP contribution in [-0.2, 0) is 0 Å². The van der Waals surface area contributed by atoms with Crippen LogP contribution in [0.15, 0.2) is 0 Å². The molecule has 0 heterocycles. The second-order valence-electron chi connectivity index (χ2n) is 3.53. The van der Waals surface area contributed by atoms with Crippen molar-refractivity contribution < 1.29 is 18.3 Å². The number of aliphatic hydroxyl groups excluding tert-OH is 1. The average molecular weight is 222 g/mol. The van der Waals surface area contributed by atoms with E-state index in [0.29, 0.717) is 0 Å². The number of hydrogen-bond acceptors (Lipinski definition) is 2. The summed E-state index contributed by atoms with van der Waals surface area (Å²) in [5.74, 6) is 0. The molecule has 1 atom stereocenters. The van der Waals surface area contributed by atoms with Crippen LogP contribution in [0.2, 0.25) is 0 Å². The number of hydrogen-bond donors (Lipinski definition) is 2. The molecule has 6 heteroatoms. The van der Waals surface area contributed by atoms with Crippen LogP contribution >= 0.6 is 12.4 Å². The van der Waals surface area contributed by atoms with E-state index in [4.69, 9.17) is 10.8 Å². The molecule has 3 N–H and O–H groups in total. The van der Waals surface area contributed by atoms with Crippen molar-refractivity contribution in [3.63, 3.8) is 0 Å². The van der Waals surface area contributed by atoms with Crippen LogP contribution in [0.1, 0.15) is 20.3 Å².